The standard InChI is InChI=1S/C23H20ClN3O2/c1-16-7-3-4-8-19(16)25-22(29)23(2)20-9-5-6-14-26(20)15-21(28)27(23)18-12-10-17(24)11-13-18/h3-14H,15H2,1-2H3/p+1. The minimum Gasteiger partial charge on any atom is -0.323 e. The second kappa shape index (κ2) is 7.33. The second-order valence-corrected chi connectivity index (χ2v) is 7.70. The number of fused-ring (bicyclic) bond motifs is 1. The smallest absolute Gasteiger partial charge is 0.294 e. The van der Waals surface area contributed by atoms with Crippen molar-refractivity contribution in [2.24, 2.45) is 0 Å². The fourth-order valence-corrected chi connectivity index (χ4v) is 3.93. The molecule has 1 aromatic heterocycles. The van der Waals surface area contributed by atoms with Gasteiger partial charge in [0.15, 0.2) is 6.20 Å². The molecule has 1 aliphatic rings. The number of aromatic nitrogens is 1. The molecule has 2 heterocycles. The highest BCUT2D eigenvalue weighted by Gasteiger charge is 2.54. The highest BCUT2D eigenvalue weighted by Crippen LogP contribution is 2.36. The summed E-state index contributed by atoms with van der Waals surface area (Å²) in [5.41, 5.74) is 1.78. The number of hydrogen-bond acceptors (Lipinski definition) is 2. The average Bonchev–Trinajstić information content (AvgIpc) is 2.71. The number of benzene rings is 2. The normalized spacial score (nSPS) is 18.3. The highest BCUT2D eigenvalue weighted by atomic mass is 35.5. The van der Waals surface area contributed by atoms with Gasteiger partial charge in [-0.05, 0) is 49.7 Å². The van der Waals surface area contributed by atoms with Gasteiger partial charge < -0.3 is 5.32 Å². The van der Waals surface area contributed by atoms with Crippen LogP contribution < -0.4 is 14.8 Å². The Morgan fingerprint density at radius 3 is 2.48 bits per heavy atom. The van der Waals surface area contributed by atoms with Crippen molar-refractivity contribution in [3.63, 3.8) is 0 Å². The quantitative estimate of drug-likeness (QED) is 0.672. The van der Waals surface area contributed by atoms with E-state index in [9.17, 15) is 9.59 Å². The zero-order valence-electron chi connectivity index (χ0n) is 16.2. The van der Waals surface area contributed by atoms with Gasteiger partial charge in [0, 0.05) is 28.5 Å². The molecule has 1 unspecified atom stereocenters. The summed E-state index contributed by atoms with van der Waals surface area (Å²) in [6.07, 6.45) is 1.83. The summed E-state index contributed by atoms with van der Waals surface area (Å²) >= 11 is 6.04. The Labute approximate surface area is 174 Å². The maximum Gasteiger partial charge on any atom is 0.294 e. The molecular weight excluding hydrogens is 386 g/mol. The number of amides is 2. The van der Waals surface area contributed by atoms with Crippen molar-refractivity contribution < 1.29 is 14.2 Å². The summed E-state index contributed by atoms with van der Waals surface area (Å²) < 4.78 is 1.83. The lowest BCUT2D eigenvalue weighted by atomic mass is 9.89. The van der Waals surface area contributed by atoms with Gasteiger partial charge in [-0.2, -0.15) is 4.57 Å². The first-order chi connectivity index (χ1) is 13.9. The predicted molar refractivity (Wildman–Crippen MR) is 113 cm³/mol. The van der Waals surface area contributed by atoms with Crippen molar-refractivity contribution in [3.8, 4) is 0 Å². The van der Waals surface area contributed by atoms with Gasteiger partial charge in [0.2, 0.25) is 17.8 Å². The van der Waals surface area contributed by atoms with E-state index in [0.29, 0.717) is 10.7 Å². The van der Waals surface area contributed by atoms with E-state index < -0.39 is 5.54 Å². The third kappa shape index (κ3) is 3.28. The Hall–Kier alpha value is -3.18. The topological polar surface area (TPSA) is 53.3 Å². The minimum atomic E-state index is -1.24. The molecule has 1 atom stereocenters. The Bertz CT molecular complexity index is 1100. The molecule has 1 N–H and O–H groups in total. The molecule has 146 valence electrons. The van der Waals surface area contributed by atoms with E-state index in [2.05, 4.69) is 5.32 Å². The van der Waals surface area contributed by atoms with Gasteiger partial charge in [-0.1, -0.05) is 35.9 Å². The number of para-hydroxylation sites is 1. The molecule has 0 saturated heterocycles. The molecule has 0 bridgehead atoms. The molecule has 0 aliphatic carbocycles. The first-order valence-electron chi connectivity index (χ1n) is 9.36. The van der Waals surface area contributed by atoms with Crippen LogP contribution in [0.15, 0.2) is 72.9 Å². The number of pyridine rings is 1. The summed E-state index contributed by atoms with van der Waals surface area (Å²) in [7, 11) is 0. The first kappa shape index (κ1) is 19.2. The molecule has 1 aliphatic heterocycles. The number of carbonyl (C=O) groups is 2. The molecular formula is C23H21ClN3O2+. The van der Waals surface area contributed by atoms with E-state index in [0.717, 1.165) is 16.9 Å². The van der Waals surface area contributed by atoms with E-state index in [1.165, 1.54) is 0 Å². The van der Waals surface area contributed by atoms with Gasteiger partial charge in [0.25, 0.3) is 11.8 Å². The Kier molecular flexibility index (Phi) is 4.84. The molecule has 0 saturated carbocycles. The number of halogens is 1. The fourth-order valence-electron chi connectivity index (χ4n) is 3.80. The second-order valence-electron chi connectivity index (χ2n) is 7.26. The summed E-state index contributed by atoms with van der Waals surface area (Å²) in [5.74, 6) is -0.451. The molecule has 6 heteroatoms. The number of carbonyl (C=O) groups excluding carboxylic acids is 2. The summed E-state index contributed by atoms with van der Waals surface area (Å²) in [4.78, 5) is 28.4. The number of rotatable bonds is 3. The van der Waals surface area contributed by atoms with Crippen LogP contribution >= 0.6 is 11.6 Å². The molecule has 0 radical (unpaired) electrons. The van der Waals surface area contributed by atoms with Gasteiger partial charge in [0.1, 0.15) is 0 Å². The Balaban J connectivity index is 1.86. The van der Waals surface area contributed by atoms with Gasteiger partial charge in [-0.15, -0.1) is 0 Å². The van der Waals surface area contributed by atoms with Crippen LogP contribution in [-0.4, -0.2) is 11.8 Å². The SMILES string of the molecule is Cc1ccccc1NC(=O)C1(C)c2cccc[n+]2CC(=O)N1c1ccc(Cl)cc1. The van der Waals surface area contributed by atoms with Crippen LogP contribution in [-0.2, 0) is 21.7 Å². The average molecular weight is 407 g/mol. The minimum absolute atomic E-state index is 0.159. The van der Waals surface area contributed by atoms with Crippen molar-refractivity contribution in [3.05, 3.63) is 89.2 Å². The van der Waals surface area contributed by atoms with Crippen LogP contribution in [0, 0.1) is 6.92 Å². The van der Waals surface area contributed by atoms with Crippen molar-refractivity contribution in [1.29, 1.82) is 0 Å². The van der Waals surface area contributed by atoms with Crippen LogP contribution in [0.5, 0.6) is 0 Å². The lowest BCUT2D eigenvalue weighted by Crippen LogP contribution is -2.67. The van der Waals surface area contributed by atoms with Crippen molar-refractivity contribution in [1.82, 2.24) is 0 Å². The predicted octanol–water partition coefficient (Wildman–Crippen LogP) is 3.84. The number of aryl methyl sites for hydroxylation is 1. The molecule has 2 amide bonds. The summed E-state index contributed by atoms with van der Waals surface area (Å²) in [6, 6.07) is 20.2. The molecule has 29 heavy (non-hydrogen) atoms. The largest absolute Gasteiger partial charge is 0.323 e. The van der Waals surface area contributed by atoms with Crippen molar-refractivity contribution in [2.75, 3.05) is 10.2 Å². The van der Waals surface area contributed by atoms with E-state index >= 15 is 0 Å². The van der Waals surface area contributed by atoms with Crippen LogP contribution in [0.1, 0.15) is 18.2 Å². The monoisotopic (exact) mass is 406 g/mol. The van der Waals surface area contributed by atoms with Crippen LogP contribution in [0.3, 0.4) is 0 Å². The lowest BCUT2D eigenvalue weighted by molar-refractivity contribution is -0.697. The van der Waals surface area contributed by atoms with Crippen molar-refractivity contribution in [2.45, 2.75) is 25.9 Å². The van der Waals surface area contributed by atoms with Gasteiger partial charge >= 0.3 is 0 Å². The lowest BCUT2D eigenvalue weighted by Gasteiger charge is -2.40. The third-order valence-electron chi connectivity index (χ3n) is 5.36. The van der Waals surface area contributed by atoms with Gasteiger partial charge in [0.05, 0.1) is 0 Å². The molecule has 3 aromatic rings. The van der Waals surface area contributed by atoms with E-state index in [1.54, 1.807) is 36.1 Å². The maximum absolute atomic E-state index is 13.7. The number of nitrogens with zero attached hydrogens (tertiary/aromatic N) is 2. The highest BCUT2D eigenvalue weighted by molar-refractivity contribution is 6.30. The Morgan fingerprint density at radius 1 is 1.07 bits per heavy atom. The maximum atomic E-state index is 13.7. The van der Waals surface area contributed by atoms with Gasteiger partial charge in [-0.25, -0.2) is 0 Å². The first-order valence-corrected chi connectivity index (χ1v) is 9.73. The van der Waals surface area contributed by atoms with E-state index in [1.807, 2.05) is 60.2 Å². The van der Waals surface area contributed by atoms with Crippen LogP contribution in [0.25, 0.3) is 0 Å². The molecule has 0 fully saturated rings. The third-order valence-corrected chi connectivity index (χ3v) is 5.61. The van der Waals surface area contributed by atoms with Crippen LogP contribution in [0.4, 0.5) is 11.4 Å². The molecule has 5 nitrogen and oxygen atoms in total. The summed E-state index contributed by atoms with van der Waals surface area (Å²) in [6.45, 7) is 3.87. The number of hydrogen-bond donors (Lipinski definition) is 1. The molecule has 2 aromatic carbocycles. The molecule has 4 rings (SSSR count). The molecule has 0 spiro atoms. The van der Waals surface area contributed by atoms with Crippen LogP contribution in [0.2, 0.25) is 5.02 Å². The number of anilines is 2. The zero-order chi connectivity index (χ0) is 20.6. The number of nitrogens with one attached hydrogen (secondary N) is 1. The Morgan fingerprint density at radius 2 is 1.76 bits per heavy atom. The van der Waals surface area contributed by atoms with Crippen molar-refractivity contribution >= 4 is 34.8 Å². The zero-order valence-corrected chi connectivity index (χ0v) is 17.0. The summed E-state index contributed by atoms with van der Waals surface area (Å²) in [5, 5.41) is 3.59. The van der Waals surface area contributed by atoms with E-state index in [-0.39, 0.29) is 18.4 Å². The fraction of sp³-hybridized carbons (Fsp3) is 0.174. The van der Waals surface area contributed by atoms with E-state index in [4.69, 9.17) is 11.6 Å². The van der Waals surface area contributed by atoms with Gasteiger partial charge in [-0.3, -0.25) is 14.5 Å².